The third-order valence-electron chi connectivity index (χ3n) is 3.62. The Morgan fingerprint density at radius 3 is 2.60 bits per heavy atom. The van der Waals surface area contributed by atoms with Crippen molar-refractivity contribution >= 4 is 23.2 Å². The Balaban J connectivity index is 1.80. The third-order valence-corrected chi connectivity index (χ3v) is 3.85. The summed E-state index contributed by atoms with van der Waals surface area (Å²) in [6, 6.07) is 17.7. The lowest BCUT2D eigenvalue weighted by atomic mass is 10.1. The highest BCUT2D eigenvalue weighted by Gasteiger charge is 2.08. The number of rotatable bonds is 4. The highest BCUT2D eigenvalue weighted by atomic mass is 35.5. The van der Waals surface area contributed by atoms with Crippen molar-refractivity contribution in [2.24, 2.45) is 0 Å². The molecule has 0 saturated heterocycles. The van der Waals surface area contributed by atoms with Gasteiger partial charge in [0.25, 0.3) is 5.56 Å². The Hall–Kier alpha value is -2.92. The number of benzene rings is 2. The molecule has 3 aromatic rings. The summed E-state index contributed by atoms with van der Waals surface area (Å²) < 4.78 is 1.15. The van der Waals surface area contributed by atoms with Crippen LogP contribution in [0.1, 0.15) is 5.56 Å². The van der Waals surface area contributed by atoms with Crippen molar-refractivity contribution in [3.8, 4) is 11.3 Å². The molecule has 1 heterocycles. The lowest BCUT2D eigenvalue weighted by Crippen LogP contribution is -2.29. The highest BCUT2D eigenvalue weighted by Crippen LogP contribution is 2.16. The summed E-state index contributed by atoms with van der Waals surface area (Å²) >= 11 is 5.89. The normalized spacial score (nSPS) is 10.5. The number of aromatic nitrogens is 2. The van der Waals surface area contributed by atoms with E-state index in [1.54, 1.807) is 30.3 Å². The predicted octanol–water partition coefficient (Wildman–Crippen LogP) is 3.51. The fourth-order valence-corrected chi connectivity index (χ4v) is 2.53. The molecular weight excluding hydrogens is 338 g/mol. The summed E-state index contributed by atoms with van der Waals surface area (Å²) in [5.74, 6) is -0.349. The van der Waals surface area contributed by atoms with E-state index in [-0.39, 0.29) is 18.0 Å². The minimum absolute atomic E-state index is 0.176. The first-order valence-electron chi connectivity index (χ1n) is 7.72. The molecule has 0 fully saturated rings. The number of carbonyl (C=O) groups is 1. The second-order valence-corrected chi connectivity index (χ2v) is 6.08. The second kappa shape index (κ2) is 7.32. The minimum atomic E-state index is -0.349. The van der Waals surface area contributed by atoms with Gasteiger partial charge in [-0.15, -0.1) is 0 Å². The summed E-state index contributed by atoms with van der Waals surface area (Å²) in [6.45, 7) is 1.82. The van der Waals surface area contributed by atoms with Gasteiger partial charge in [0.05, 0.1) is 5.69 Å². The van der Waals surface area contributed by atoms with Crippen LogP contribution in [0.25, 0.3) is 11.3 Å². The maximum absolute atomic E-state index is 12.2. The third kappa shape index (κ3) is 4.33. The number of hydrogen-bond acceptors (Lipinski definition) is 3. The fourth-order valence-electron chi connectivity index (χ4n) is 2.34. The molecule has 0 radical (unpaired) electrons. The Bertz CT molecular complexity index is 965. The van der Waals surface area contributed by atoms with E-state index in [0.717, 1.165) is 15.8 Å². The molecule has 0 atom stereocenters. The molecule has 0 unspecified atom stereocenters. The molecule has 0 aliphatic carbocycles. The second-order valence-electron chi connectivity index (χ2n) is 5.64. The number of nitrogens with one attached hydrogen (secondary N) is 1. The van der Waals surface area contributed by atoms with Gasteiger partial charge in [-0.1, -0.05) is 47.5 Å². The fraction of sp³-hybridized carbons (Fsp3) is 0.105. The standard InChI is InChI=1S/C19H16ClN3O2/c1-13-5-7-14(8-6-13)17-9-10-19(25)23(22-17)12-18(24)21-16-4-2-3-15(20)11-16/h2-11H,12H2,1H3,(H,21,24). The first-order valence-corrected chi connectivity index (χ1v) is 8.10. The van der Waals surface area contributed by atoms with Crippen LogP contribution in [0.15, 0.2) is 65.5 Å². The van der Waals surface area contributed by atoms with Gasteiger partial charge < -0.3 is 5.32 Å². The van der Waals surface area contributed by atoms with Crippen molar-refractivity contribution < 1.29 is 4.79 Å². The van der Waals surface area contributed by atoms with Crippen molar-refractivity contribution in [3.05, 3.63) is 81.6 Å². The van der Waals surface area contributed by atoms with Gasteiger partial charge in [0.1, 0.15) is 6.54 Å². The molecule has 0 saturated carbocycles. The van der Waals surface area contributed by atoms with Gasteiger partial charge in [0.15, 0.2) is 0 Å². The molecule has 0 bridgehead atoms. The smallest absolute Gasteiger partial charge is 0.267 e. The predicted molar refractivity (Wildman–Crippen MR) is 98.8 cm³/mol. The molecule has 0 aliphatic heterocycles. The van der Waals surface area contributed by atoms with Crippen LogP contribution in [0.5, 0.6) is 0 Å². The summed E-state index contributed by atoms with van der Waals surface area (Å²) in [4.78, 5) is 24.2. The number of nitrogens with zero attached hydrogens (tertiary/aromatic N) is 2. The van der Waals surface area contributed by atoms with Gasteiger partial charge in [-0.25, -0.2) is 4.68 Å². The van der Waals surface area contributed by atoms with E-state index in [0.29, 0.717) is 16.4 Å². The Morgan fingerprint density at radius 1 is 1.12 bits per heavy atom. The number of carbonyl (C=O) groups excluding carboxylic acids is 1. The maximum atomic E-state index is 12.2. The van der Waals surface area contributed by atoms with E-state index in [4.69, 9.17) is 11.6 Å². The van der Waals surface area contributed by atoms with Crippen LogP contribution in [0.3, 0.4) is 0 Å². The van der Waals surface area contributed by atoms with Crippen molar-refractivity contribution in [3.63, 3.8) is 0 Å². The van der Waals surface area contributed by atoms with E-state index in [1.807, 2.05) is 31.2 Å². The van der Waals surface area contributed by atoms with E-state index < -0.39 is 0 Å². The molecular formula is C19H16ClN3O2. The summed E-state index contributed by atoms with van der Waals surface area (Å²) in [6.07, 6.45) is 0. The number of amides is 1. The topological polar surface area (TPSA) is 64.0 Å². The van der Waals surface area contributed by atoms with Gasteiger partial charge in [-0.2, -0.15) is 5.10 Å². The Morgan fingerprint density at radius 2 is 1.88 bits per heavy atom. The molecule has 0 spiro atoms. The van der Waals surface area contributed by atoms with Crippen LogP contribution in [0.2, 0.25) is 5.02 Å². The van der Waals surface area contributed by atoms with E-state index in [9.17, 15) is 9.59 Å². The van der Waals surface area contributed by atoms with Crippen LogP contribution in [0, 0.1) is 6.92 Å². The van der Waals surface area contributed by atoms with Gasteiger partial charge in [-0.05, 0) is 31.2 Å². The van der Waals surface area contributed by atoms with Crippen molar-refractivity contribution in [2.45, 2.75) is 13.5 Å². The average Bonchev–Trinajstić information content (AvgIpc) is 2.57. The van der Waals surface area contributed by atoms with Crippen LogP contribution in [-0.4, -0.2) is 15.7 Å². The molecule has 1 aromatic heterocycles. The number of halogens is 1. The molecule has 126 valence electrons. The Kier molecular flexibility index (Phi) is 4.95. The van der Waals surface area contributed by atoms with Gasteiger partial charge in [0, 0.05) is 22.3 Å². The zero-order valence-electron chi connectivity index (χ0n) is 13.6. The quantitative estimate of drug-likeness (QED) is 0.780. The first kappa shape index (κ1) is 16.9. The minimum Gasteiger partial charge on any atom is -0.324 e. The largest absolute Gasteiger partial charge is 0.324 e. The van der Waals surface area contributed by atoms with Crippen molar-refractivity contribution in [2.75, 3.05) is 5.32 Å². The highest BCUT2D eigenvalue weighted by molar-refractivity contribution is 6.30. The molecule has 6 heteroatoms. The summed E-state index contributed by atoms with van der Waals surface area (Å²) in [5, 5.41) is 7.51. The van der Waals surface area contributed by atoms with E-state index in [1.165, 1.54) is 6.07 Å². The molecule has 25 heavy (non-hydrogen) atoms. The van der Waals surface area contributed by atoms with Crippen molar-refractivity contribution in [1.82, 2.24) is 9.78 Å². The van der Waals surface area contributed by atoms with Gasteiger partial charge in [-0.3, -0.25) is 9.59 Å². The number of hydrogen-bond donors (Lipinski definition) is 1. The lowest BCUT2D eigenvalue weighted by Gasteiger charge is -2.09. The number of anilines is 1. The summed E-state index contributed by atoms with van der Waals surface area (Å²) in [7, 11) is 0. The van der Waals surface area contributed by atoms with Crippen molar-refractivity contribution in [1.29, 1.82) is 0 Å². The average molecular weight is 354 g/mol. The molecule has 3 rings (SSSR count). The molecule has 0 aliphatic rings. The van der Waals surface area contributed by atoms with E-state index >= 15 is 0 Å². The van der Waals surface area contributed by atoms with Crippen LogP contribution < -0.4 is 10.9 Å². The zero-order valence-corrected chi connectivity index (χ0v) is 14.3. The van der Waals surface area contributed by atoms with Crippen LogP contribution >= 0.6 is 11.6 Å². The van der Waals surface area contributed by atoms with Crippen LogP contribution in [-0.2, 0) is 11.3 Å². The Labute approximate surface area is 149 Å². The molecule has 5 nitrogen and oxygen atoms in total. The van der Waals surface area contributed by atoms with Gasteiger partial charge >= 0.3 is 0 Å². The lowest BCUT2D eigenvalue weighted by molar-refractivity contribution is -0.117. The summed E-state index contributed by atoms with van der Waals surface area (Å²) in [5.41, 5.74) is 2.89. The SMILES string of the molecule is Cc1ccc(-c2ccc(=O)n(CC(=O)Nc3cccc(Cl)c3)n2)cc1. The molecule has 1 N–H and O–H groups in total. The zero-order chi connectivity index (χ0) is 17.8. The monoisotopic (exact) mass is 353 g/mol. The van der Waals surface area contributed by atoms with E-state index in [2.05, 4.69) is 10.4 Å². The molecule has 2 aromatic carbocycles. The number of aryl methyl sites for hydroxylation is 1. The molecule has 1 amide bonds. The van der Waals surface area contributed by atoms with Gasteiger partial charge in [0.2, 0.25) is 5.91 Å². The maximum Gasteiger partial charge on any atom is 0.267 e. The van der Waals surface area contributed by atoms with Crippen LogP contribution in [0.4, 0.5) is 5.69 Å². The first-order chi connectivity index (χ1) is 12.0.